The molecule has 1 fully saturated rings. The zero-order valence-corrected chi connectivity index (χ0v) is 13.5. The average Bonchev–Trinajstić information content (AvgIpc) is 2.40. The number of rotatable bonds is 5. The second-order valence-electron chi connectivity index (χ2n) is 4.65. The van der Waals surface area contributed by atoms with Gasteiger partial charge in [0.2, 0.25) is 0 Å². The summed E-state index contributed by atoms with van der Waals surface area (Å²) >= 11 is 0. The highest BCUT2D eigenvalue weighted by Gasteiger charge is 2.10. The summed E-state index contributed by atoms with van der Waals surface area (Å²) in [6.45, 7) is 16.9. The lowest BCUT2D eigenvalue weighted by atomic mass is 10.2. The summed E-state index contributed by atoms with van der Waals surface area (Å²) in [7, 11) is 1.73. The van der Waals surface area contributed by atoms with Gasteiger partial charge in [0.1, 0.15) is 0 Å². The summed E-state index contributed by atoms with van der Waals surface area (Å²) in [6, 6.07) is 0. The highest BCUT2D eigenvalue weighted by atomic mass is 16.5. The third kappa shape index (κ3) is 15.9. The smallest absolute Gasteiger partial charge is 0.0594 e. The summed E-state index contributed by atoms with van der Waals surface area (Å²) < 4.78 is 10.0. The van der Waals surface area contributed by atoms with Gasteiger partial charge in [0.15, 0.2) is 0 Å². The molecule has 112 valence electrons. The normalized spacial score (nSPS) is 15.5. The molecule has 3 heteroatoms. The molecule has 0 spiro atoms. The van der Waals surface area contributed by atoms with Crippen molar-refractivity contribution in [3.8, 4) is 0 Å². The van der Waals surface area contributed by atoms with Crippen molar-refractivity contribution in [1.29, 1.82) is 0 Å². The second kappa shape index (κ2) is 16.9. The number of hydrogen-bond acceptors (Lipinski definition) is 3. The standard InChI is InChI=1S/C8H17NO.C5H12O.C2H6/c1-8(2)7-9-3-5-10-6-4-9;1-3-4-5-6-2;1-2/h8H,3-7H2,1-2H3;3-5H2,1-2H3;1-2H3. The van der Waals surface area contributed by atoms with E-state index in [2.05, 4.69) is 25.7 Å². The van der Waals surface area contributed by atoms with Gasteiger partial charge in [-0.05, 0) is 12.3 Å². The number of nitrogens with zero attached hydrogens (tertiary/aromatic N) is 1. The van der Waals surface area contributed by atoms with Gasteiger partial charge in [-0.1, -0.05) is 41.0 Å². The average molecular weight is 261 g/mol. The lowest BCUT2D eigenvalue weighted by Crippen LogP contribution is -2.38. The van der Waals surface area contributed by atoms with Crippen molar-refractivity contribution in [2.24, 2.45) is 5.92 Å². The van der Waals surface area contributed by atoms with Crippen LogP contribution >= 0.6 is 0 Å². The lowest BCUT2D eigenvalue weighted by molar-refractivity contribution is 0.0329. The Morgan fingerprint density at radius 3 is 2.06 bits per heavy atom. The molecule has 1 aliphatic heterocycles. The molecule has 0 saturated carbocycles. The molecule has 0 aromatic carbocycles. The molecule has 0 aliphatic carbocycles. The third-order valence-corrected chi connectivity index (χ3v) is 2.43. The fourth-order valence-corrected chi connectivity index (χ4v) is 1.59. The van der Waals surface area contributed by atoms with Crippen molar-refractivity contribution < 1.29 is 9.47 Å². The largest absolute Gasteiger partial charge is 0.385 e. The maximum Gasteiger partial charge on any atom is 0.0594 e. The fraction of sp³-hybridized carbons (Fsp3) is 1.00. The Balaban J connectivity index is 0. The Morgan fingerprint density at radius 2 is 1.72 bits per heavy atom. The summed E-state index contributed by atoms with van der Waals surface area (Å²) in [5.74, 6) is 0.790. The van der Waals surface area contributed by atoms with Crippen LogP contribution in [-0.2, 0) is 9.47 Å². The molecule has 0 atom stereocenters. The summed E-state index contributed by atoms with van der Waals surface area (Å²) in [5, 5.41) is 0. The number of unbranched alkanes of at least 4 members (excludes halogenated alkanes) is 1. The van der Waals surface area contributed by atoms with Crippen molar-refractivity contribution in [3.63, 3.8) is 0 Å². The first-order valence-electron chi connectivity index (χ1n) is 7.49. The van der Waals surface area contributed by atoms with Crippen LogP contribution in [0.4, 0.5) is 0 Å². The summed E-state index contributed by atoms with van der Waals surface area (Å²) in [4.78, 5) is 2.47. The van der Waals surface area contributed by atoms with Crippen LogP contribution in [0, 0.1) is 5.92 Å². The molecule has 3 nitrogen and oxygen atoms in total. The van der Waals surface area contributed by atoms with Crippen molar-refractivity contribution in [2.45, 2.75) is 47.5 Å². The van der Waals surface area contributed by atoms with E-state index in [0.29, 0.717) is 0 Å². The zero-order chi connectivity index (χ0) is 14.2. The topological polar surface area (TPSA) is 21.7 Å². The summed E-state index contributed by atoms with van der Waals surface area (Å²) in [5.41, 5.74) is 0. The molecular weight excluding hydrogens is 226 g/mol. The predicted molar refractivity (Wildman–Crippen MR) is 80.2 cm³/mol. The van der Waals surface area contributed by atoms with Crippen molar-refractivity contribution in [1.82, 2.24) is 4.90 Å². The van der Waals surface area contributed by atoms with Crippen LogP contribution in [0.1, 0.15) is 47.5 Å². The van der Waals surface area contributed by atoms with E-state index < -0.39 is 0 Å². The zero-order valence-electron chi connectivity index (χ0n) is 13.5. The molecule has 1 aliphatic rings. The Labute approximate surface area is 115 Å². The van der Waals surface area contributed by atoms with Gasteiger partial charge >= 0.3 is 0 Å². The van der Waals surface area contributed by atoms with Crippen LogP contribution in [0.3, 0.4) is 0 Å². The lowest BCUT2D eigenvalue weighted by Gasteiger charge is -2.27. The van der Waals surface area contributed by atoms with Gasteiger partial charge < -0.3 is 9.47 Å². The van der Waals surface area contributed by atoms with Crippen LogP contribution in [0.5, 0.6) is 0 Å². The Kier molecular flexibility index (Phi) is 18.9. The first kappa shape index (κ1) is 20.2. The van der Waals surface area contributed by atoms with E-state index in [1.807, 2.05) is 13.8 Å². The molecular formula is C15H35NO2. The number of morpholine rings is 1. The predicted octanol–water partition coefficient (Wildman–Crippen LogP) is 3.43. The molecule has 18 heavy (non-hydrogen) atoms. The minimum atomic E-state index is 0.790. The van der Waals surface area contributed by atoms with Gasteiger partial charge in [-0.3, -0.25) is 4.90 Å². The molecule has 0 unspecified atom stereocenters. The van der Waals surface area contributed by atoms with Crippen molar-refractivity contribution in [2.75, 3.05) is 46.6 Å². The highest BCUT2D eigenvalue weighted by molar-refractivity contribution is 4.62. The highest BCUT2D eigenvalue weighted by Crippen LogP contribution is 2.01. The van der Waals surface area contributed by atoms with Crippen molar-refractivity contribution >= 4 is 0 Å². The first-order chi connectivity index (χ1) is 8.70. The van der Waals surface area contributed by atoms with Gasteiger partial charge in [0.05, 0.1) is 13.2 Å². The number of hydrogen-bond donors (Lipinski definition) is 0. The van der Waals surface area contributed by atoms with Gasteiger partial charge in [-0.25, -0.2) is 0 Å². The van der Waals surface area contributed by atoms with Crippen LogP contribution in [-0.4, -0.2) is 51.5 Å². The molecule has 0 amide bonds. The van der Waals surface area contributed by atoms with Gasteiger partial charge in [-0.15, -0.1) is 0 Å². The fourth-order valence-electron chi connectivity index (χ4n) is 1.59. The van der Waals surface area contributed by atoms with Crippen LogP contribution in [0.25, 0.3) is 0 Å². The van der Waals surface area contributed by atoms with Crippen LogP contribution in [0.2, 0.25) is 0 Å². The molecule has 1 saturated heterocycles. The SMILES string of the molecule is CC.CC(C)CN1CCOCC1.CCCCOC. The Morgan fingerprint density at radius 1 is 1.17 bits per heavy atom. The van der Waals surface area contributed by atoms with E-state index in [0.717, 1.165) is 38.8 Å². The van der Waals surface area contributed by atoms with E-state index >= 15 is 0 Å². The van der Waals surface area contributed by atoms with Gasteiger partial charge in [0.25, 0.3) is 0 Å². The molecule has 1 heterocycles. The Bertz CT molecular complexity index is 130. The van der Waals surface area contributed by atoms with Crippen molar-refractivity contribution in [3.05, 3.63) is 0 Å². The second-order valence-corrected chi connectivity index (χ2v) is 4.65. The maximum absolute atomic E-state index is 5.24. The third-order valence-electron chi connectivity index (χ3n) is 2.43. The molecule has 1 rings (SSSR count). The Hall–Kier alpha value is -0.120. The van der Waals surface area contributed by atoms with Gasteiger partial charge in [0, 0.05) is 33.4 Å². The minimum absolute atomic E-state index is 0.790. The molecule has 0 aromatic rings. The minimum Gasteiger partial charge on any atom is -0.385 e. The molecule has 0 aromatic heterocycles. The number of ether oxygens (including phenoxy) is 2. The van der Waals surface area contributed by atoms with E-state index in [-0.39, 0.29) is 0 Å². The quantitative estimate of drug-likeness (QED) is 0.708. The van der Waals surface area contributed by atoms with E-state index in [4.69, 9.17) is 9.47 Å². The van der Waals surface area contributed by atoms with Crippen LogP contribution < -0.4 is 0 Å². The number of methoxy groups -OCH3 is 1. The van der Waals surface area contributed by atoms with E-state index in [9.17, 15) is 0 Å². The maximum atomic E-state index is 5.24. The van der Waals surface area contributed by atoms with Gasteiger partial charge in [-0.2, -0.15) is 0 Å². The molecule has 0 N–H and O–H groups in total. The van der Waals surface area contributed by atoms with E-state index in [1.165, 1.54) is 19.4 Å². The molecule has 0 radical (unpaired) electrons. The molecule has 0 bridgehead atoms. The monoisotopic (exact) mass is 261 g/mol. The first-order valence-corrected chi connectivity index (χ1v) is 7.49. The van der Waals surface area contributed by atoms with E-state index in [1.54, 1.807) is 7.11 Å². The van der Waals surface area contributed by atoms with Crippen LogP contribution in [0.15, 0.2) is 0 Å². The summed E-state index contributed by atoms with van der Waals surface area (Å²) in [6.07, 6.45) is 2.42.